The zero-order valence-electron chi connectivity index (χ0n) is 21.5. The minimum absolute atomic E-state index is 0.0710. The standard InChI is InChI=1S/C25H43NO7S2/c1-25(2,35-34-3)10-9-24(27)26-11-12-28-13-14-29-15-16-30-17-18-31-19-20-32-21-22-33-23-7-5-4-6-8-23/h4-8H,9-22H2,1-3H3,(H,26,27). The number of ether oxygens (including phenoxy) is 6. The SMILES string of the molecule is CSSC(C)(C)CCC(=O)NCCOCCOCCOCCOCCOCCOc1ccccc1. The average Bonchev–Trinajstić information content (AvgIpc) is 2.85. The molecule has 0 bridgehead atoms. The molecule has 0 atom stereocenters. The third-order valence-electron chi connectivity index (χ3n) is 4.56. The molecule has 1 amide bonds. The van der Waals surface area contributed by atoms with Crippen molar-refractivity contribution in [2.75, 3.05) is 85.5 Å². The molecule has 0 heterocycles. The van der Waals surface area contributed by atoms with Gasteiger partial charge < -0.3 is 33.7 Å². The molecule has 0 aliphatic rings. The van der Waals surface area contributed by atoms with Crippen LogP contribution >= 0.6 is 21.6 Å². The van der Waals surface area contributed by atoms with Crippen LogP contribution in [0.15, 0.2) is 30.3 Å². The molecule has 0 fully saturated rings. The second-order valence-electron chi connectivity index (χ2n) is 8.08. The van der Waals surface area contributed by atoms with Gasteiger partial charge in [0, 0.05) is 17.7 Å². The quantitative estimate of drug-likeness (QED) is 0.157. The third-order valence-corrected chi connectivity index (χ3v) is 7.23. The van der Waals surface area contributed by atoms with Gasteiger partial charge in [0.25, 0.3) is 0 Å². The van der Waals surface area contributed by atoms with E-state index < -0.39 is 0 Å². The fraction of sp³-hybridized carbons (Fsp3) is 0.720. The largest absolute Gasteiger partial charge is 0.491 e. The van der Waals surface area contributed by atoms with Gasteiger partial charge >= 0.3 is 0 Å². The Morgan fingerprint density at radius 2 is 1.26 bits per heavy atom. The molecule has 0 radical (unpaired) electrons. The first-order valence-corrected chi connectivity index (χ1v) is 14.6. The average molecular weight is 534 g/mol. The molecule has 202 valence electrons. The monoisotopic (exact) mass is 533 g/mol. The van der Waals surface area contributed by atoms with E-state index >= 15 is 0 Å². The molecule has 0 aliphatic carbocycles. The van der Waals surface area contributed by atoms with Crippen LogP contribution in [0.1, 0.15) is 26.7 Å². The second-order valence-corrected chi connectivity index (χ2v) is 11.2. The Hall–Kier alpha value is -1.01. The highest BCUT2D eigenvalue weighted by Crippen LogP contribution is 2.36. The molecule has 1 N–H and O–H groups in total. The van der Waals surface area contributed by atoms with Gasteiger partial charge in [-0.05, 0) is 38.7 Å². The van der Waals surface area contributed by atoms with Crippen LogP contribution in [0.2, 0.25) is 0 Å². The maximum Gasteiger partial charge on any atom is 0.220 e. The normalized spacial score (nSPS) is 11.5. The Morgan fingerprint density at radius 3 is 1.77 bits per heavy atom. The van der Waals surface area contributed by atoms with E-state index in [1.54, 1.807) is 21.6 Å². The lowest BCUT2D eigenvalue weighted by molar-refractivity contribution is -0.121. The summed E-state index contributed by atoms with van der Waals surface area (Å²) < 4.78 is 33.0. The minimum Gasteiger partial charge on any atom is -0.491 e. The number of hydrogen-bond donors (Lipinski definition) is 1. The Balaban J connectivity index is 1.73. The molecule has 0 aromatic heterocycles. The summed E-state index contributed by atoms with van der Waals surface area (Å²) in [5.74, 6) is 0.916. The molecular weight excluding hydrogens is 490 g/mol. The van der Waals surface area contributed by atoms with Crippen LogP contribution in [0.4, 0.5) is 0 Å². The van der Waals surface area contributed by atoms with E-state index in [1.807, 2.05) is 30.3 Å². The van der Waals surface area contributed by atoms with Crippen LogP contribution in [0, 0.1) is 0 Å². The summed E-state index contributed by atoms with van der Waals surface area (Å²) in [4.78, 5) is 11.9. The molecule has 35 heavy (non-hydrogen) atoms. The van der Waals surface area contributed by atoms with Crippen molar-refractivity contribution in [2.45, 2.75) is 31.4 Å². The van der Waals surface area contributed by atoms with Crippen LogP contribution in [0.3, 0.4) is 0 Å². The number of benzene rings is 1. The first-order chi connectivity index (χ1) is 17.0. The molecule has 1 rings (SSSR count). The lowest BCUT2D eigenvalue weighted by Crippen LogP contribution is -2.29. The predicted octanol–water partition coefficient (Wildman–Crippen LogP) is 3.83. The molecule has 10 heteroatoms. The molecule has 0 aliphatic heterocycles. The molecular formula is C25H43NO7S2. The summed E-state index contributed by atoms with van der Waals surface area (Å²) in [5.41, 5.74) is 0. The summed E-state index contributed by atoms with van der Waals surface area (Å²) >= 11 is 0. The summed E-state index contributed by atoms with van der Waals surface area (Å²) in [6, 6.07) is 9.67. The van der Waals surface area contributed by atoms with Gasteiger partial charge in [0.1, 0.15) is 12.4 Å². The van der Waals surface area contributed by atoms with Crippen LogP contribution in [-0.2, 0) is 28.5 Å². The van der Waals surface area contributed by atoms with Crippen molar-refractivity contribution in [3.63, 3.8) is 0 Å². The van der Waals surface area contributed by atoms with E-state index in [0.29, 0.717) is 85.6 Å². The van der Waals surface area contributed by atoms with E-state index in [9.17, 15) is 4.79 Å². The lowest BCUT2D eigenvalue weighted by Gasteiger charge is -2.21. The van der Waals surface area contributed by atoms with Gasteiger partial charge in [-0.25, -0.2) is 0 Å². The lowest BCUT2D eigenvalue weighted by atomic mass is 10.1. The number of nitrogens with one attached hydrogen (secondary N) is 1. The number of para-hydroxylation sites is 1. The molecule has 8 nitrogen and oxygen atoms in total. The summed E-state index contributed by atoms with van der Waals surface area (Å²) in [6.07, 6.45) is 3.45. The van der Waals surface area contributed by atoms with Crippen molar-refractivity contribution in [3.8, 4) is 5.75 Å². The van der Waals surface area contributed by atoms with Gasteiger partial charge in [-0.2, -0.15) is 0 Å². The van der Waals surface area contributed by atoms with Crippen LogP contribution < -0.4 is 10.1 Å². The van der Waals surface area contributed by atoms with Crippen LogP contribution in [0.25, 0.3) is 0 Å². The van der Waals surface area contributed by atoms with E-state index in [4.69, 9.17) is 28.4 Å². The van der Waals surface area contributed by atoms with Gasteiger partial charge in [0.2, 0.25) is 5.91 Å². The summed E-state index contributed by atoms with van der Waals surface area (Å²) in [5, 5.41) is 2.89. The highest BCUT2D eigenvalue weighted by molar-refractivity contribution is 8.76. The highest BCUT2D eigenvalue weighted by Gasteiger charge is 2.19. The van der Waals surface area contributed by atoms with E-state index in [1.165, 1.54) is 0 Å². The number of rotatable bonds is 24. The van der Waals surface area contributed by atoms with Crippen molar-refractivity contribution in [2.24, 2.45) is 0 Å². The fourth-order valence-corrected chi connectivity index (χ4v) is 4.99. The third kappa shape index (κ3) is 20.8. The second kappa shape index (κ2) is 22.2. The van der Waals surface area contributed by atoms with Crippen molar-refractivity contribution in [1.29, 1.82) is 0 Å². The van der Waals surface area contributed by atoms with Crippen molar-refractivity contribution >= 4 is 27.5 Å². The van der Waals surface area contributed by atoms with Crippen LogP contribution in [-0.4, -0.2) is 96.1 Å². The Morgan fingerprint density at radius 1 is 0.771 bits per heavy atom. The highest BCUT2D eigenvalue weighted by atomic mass is 33.1. The predicted molar refractivity (Wildman–Crippen MR) is 143 cm³/mol. The minimum atomic E-state index is 0.0710. The molecule has 1 aromatic rings. The molecule has 0 saturated carbocycles. The van der Waals surface area contributed by atoms with Crippen molar-refractivity contribution in [1.82, 2.24) is 5.32 Å². The zero-order chi connectivity index (χ0) is 25.5. The van der Waals surface area contributed by atoms with E-state index in [-0.39, 0.29) is 10.7 Å². The Labute approximate surface area is 218 Å². The smallest absolute Gasteiger partial charge is 0.220 e. The number of carbonyl (C=O) groups excluding carboxylic acids is 1. The van der Waals surface area contributed by atoms with Crippen molar-refractivity contribution < 1.29 is 33.2 Å². The van der Waals surface area contributed by atoms with Gasteiger partial charge in [-0.15, -0.1) is 0 Å². The van der Waals surface area contributed by atoms with E-state index in [0.717, 1.165) is 12.2 Å². The Bertz CT molecular complexity index is 623. The number of amides is 1. The van der Waals surface area contributed by atoms with E-state index in [2.05, 4.69) is 25.4 Å². The number of carbonyl (C=O) groups is 1. The van der Waals surface area contributed by atoms with Crippen molar-refractivity contribution in [3.05, 3.63) is 30.3 Å². The maximum absolute atomic E-state index is 11.9. The molecule has 1 aromatic carbocycles. The van der Waals surface area contributed by atoms with Gasteiger partial charge in [-0.3, -0.25) is 4.79 Å². The molecule has 0 unspecified atom stereocenters. The summed E-state index contributed by atoms with van der Waals surface area (Å²) in [6.45, 7) is 10.5. The Kier molecular flexibility index (Phi) is 20.3. The topological polar surface area (TPSA) is 84.5 Å². The first-order valence-electron chi connectivity index (χ1n) is 12.1. The van der Waals surface area contributed by atoms with Gasteiger partial charge in [-0.1, -0.05) is 39.8 Å². The first kappa shape index (κ1) is 32.0. The van der Waals surface area contributed by atoms with Crippen LogP contribution in [0.5, 0.6) is 5.75 Å². The van der Waals surface area contributed by atoms with Gasteiger partial charge in [0.15, 0.2) is 0 Å². The van der Waals surface area contributed by atoms with Gasteiger partial charge in [0.05, 0.1) is 66.1 Å². The zero-order valence-corrected chi connectivity index (χ0v) is 23.1. The summed E-state index contributed by atoms with van der Waals surface area (Å²) in [7, 11) is 3.53. The number of hydrogen-bond acceptors (Lipinski definition) is 9. The fourth-order valence-electron chi connectivity index (χ4n) is 2.75. The molecule has 0 spiro atoms. The maximum atomic E-state index is 11.9. The molecule has 0 saturated heterocycles.